The second-order valence-electron chi connectivity index (χ2n) is 30.8. The maximum atomic E-state index is 15.9. The van der Waals surface area contributed by atoms with Crippen molar-refractivity contribution in [1.29, 1.82) is 0 Å². The molecule has 2 bridgehead atoms. The van der Waals surface area contributed by atoms with Crippen molar-refractivity contribution >= 4 is 109 Å². The third-order valence-electron chi connectivity index (χ3n) is 24.0. The number of ether oxygens (including phenoxy) is 2. The topological polar surface area (TPSA) is 429 Å². The number of rotatable bonds is 21. The number of primary amides is 1. The largest absolute Gasteiger partial charge is 0.496 e. The number of aromatic nitrogens is 5. The number of nitrogens with two attached hydrogens (primary N) is 2. The van der Waals surface area contributed by atoms with Crippen LogP contribution in [0, 0.1) is 5.41 Å². The molecule has 2 saturated heterocycles. The molecule has 14 rings (SSSR count). The summed E-state index contributed by atoms with van der Waals surface area (Å²) in [5.41, 5.74) is 11.2. The zero-order chi connectivity index (χ0) is 76.9. The minimum Gasteiger partial charge on any atom is -0.496 e. The third-order valence-corrected chi connectivity index (χ3v) is 32.0. The quantitative estimate of drug-likeness (QED) is 0.0267. The number of H-pyrrole nitrogens is 2. The number of aliphatic hydroxyl groups is 2. The van der Waals surface area contributed by atoms with E-state index in [9.17, 15) is 54.0 Å². The number of carbonyl (C=O) groups is 7. The van der Waals surface area contributed by atoms with Gasteiger partial charge in [0.1, 0.15) is 29.4 Å². The van der Waals surface area contributed by atoms with Crippen LogP contribution in [0.25, 0.3) is 22.1 Å². The molecule has 7 aromatic rings. The number of likely N-dealkylation sites (N-methyl/N-ethyl adjacent to an activating group) is 1. The van der Waals surface area contributed by atoms with E-state index in [1.165, 1.54) is 30.3 Å². The minimum absolute atomic E-state index is 0.0142. The van der Waals surface area contributed by atoms with Gasteiger partial charge in [-0.3, -0.25) is 33.9 Å². The molecule has 0 radical (unpaired) electrons. The Kier molecular flexibility index (Phi) is 19.0. The van der Waals surface area contributed by atoms with E-state index in [1.807, 2.05) is 106 Å². The van der Waals surface area contributed by atoms with Crippen LogP contribution in [-0.4, -0.2) is 213 Å². The molecule has 568 valence electrons. The number of esters is 1. The molecule has 32 heteroatoms. The smallest absolute Gasteiger partial charge is 0.326 e. The number of aliphatic carboxylic acids is 2. The summed E-state index contributed by atoms with van der Waals surface area (Å²) in [6.07, 6.45) is 7.53. The molecule has 3 aromatic heterocycles. The average molecular weight is 1510 g/mol. The Hall–Kier alpha value is -10.5. The second kappa shape index (κ2) is 27.6. The fraction of sp³-hybridized carbons (Fsp3) is 0.434. The lowest BCUT2D eigenvalue weighted by Crippen LogP contribution is -2.81. The van der Waals surface area contributed by atoms with Crippen molar-refractivity contribution in [2.45, 2.75) is 150 Å². The fourth-order valence-corrected chi connectivity index (χ4v) is 28.7. The van der Waals surface area contributed by atoms with Gasteiger partial charge in [-0.15, -0.1) is 0 Å². The van der Waals surface area contributed by atoms with E-state index < -0.39 is 122 Å². The third kappa shape index (κ3) is 12.3. The van der Waals surface area contributed by atoms with E-state index in [4.69, 9.17) is 25.1 Å². The Bertz CT molecular complexity index is 4960. The van der Waals surface area contributed by atoms with E-state index in [0.717, 1.165) is 32.8 Å². The molecule has 108 heavy (non-hydrogen) atoms. The minimum atomic E-state index is -3.04. The molecule has 9 heterocycles. The number of methoxy groups -OCH3 is 2. The Morgan fingerprint density at radius 2 is 1.65 bits per heavy atom. The molecule has 30 nitrogen and oxygen atoms in total. The Balaban J connectivity index is 0.663. The summed E-state index contributed by atoms with van der Waals surface area (Å²) in [7, 11) is -1.20. The lowest BCUT2D eigenvalue weighted by molar-refractivity contribution is -0.201. The summed E-state index contributed by atoms with van der Waals surface area (Å²) >= 11 is 0. The molecule has 14 N–H and O–H groups in total. The maximum absolute atomic E-state index is 15.9. The summed E-state index contributed by atoms with van der Waals surface area (Å²) in [4.78, 5) is 136. The SMILES string of the molecule is CC[C@]1(NC(=O)Nc2ccc([Si](C)(C)O[Si]3(C)CC(C(=O)O)N(C(=O)CC[C@H](NC(=O)c4ccc(NCc5cnc6nc(N)[nH]c(=O)c6n5)cc4)C(=O)O)C3)cc2)CC2=CN(CCc3c([nH]c4ccccc34)[C@@](C(=O)OC)(c3cc4c(cc3OC)N(C)[C@H]3[C@@](O)(C(N)=O)[C@H](O)[C@]5(CC)C=CCN6CC[C@]43[C@H]65)C2)C1. The number of fused-ring (bicyclic) bond motifs is 6. The van der Waals surface area contributed by atoms with Crippen LogP contribution in [-0.2, 0) is 56.6 Å². The first kappa shape index (κ1) is 74.3. The number of para-hydroxylation sites is 1. The number of anilines is 4. The first-order valence-electron chi connectivity index (χ1n) is 36.4. The van der Waals surface area contributed by atoms with Crippen LogP contribution in [0.15, 0.2) is 120 Å². The van der Waals surface area contributed by atoms with Crippen LogP contribution in [0.4, 0.5) is 27.8 Å². The molecular formula is C76H91N15O15Si2. The standard InChI is InChI=1S/C76H91N15O15Si2/c1-9-72(87-71(102)82-45-20-22-47(23-21-45)107(6,7)106-108(8)39-55(64(97)98)91(41-108)57(92)25-24-53(63(95)96)84-61(93)43-16-18-44(19-17-43)79-36-46-37-80-60-58(81-46)62(94)86-70(78)85-60)34-42-35-75(69(101)105-5,59-49(26-30-89(38-42)40-72)48-14-11-12-15-52(48)83-59)51-32-50-54(33-56(51)104-4)88(3)66-74(50)28-31-90-29-13-27-73(10-2,65(74)90)67(99)76(66,103)68(77)100/h11-23,27,32-33,37-38,53,55,65-67,79,83,99,103H,9-10,24-26,28-31,34-36,39-41H2,1-8H3,(H2,77,100)(H,84,93)(H,95,96)(H,97,98)(H2,82,87,102)(H3,78,80,85,86,94)/t53-,55?,65+,66+,67+,72-,73+,74+,75-,76-,108?/m0/s1. The van der Waals surface area contributed by atoms with Crippen molar-refractivity contribution in [3.05, 3.63) is 159 Å². The van der Waals surface area contributed by atoms with Gasteiger partial charge >= 0.3 is 23.9 Å². The van der Waals surface area contributed by atoms with E-state index in [0.29, 0.717) is 98.0 Å². The lowest BCUT2D eigenvalue weighted by atomic mass is 9.47. The van der Waals surface area contributed by atoms with Gasteiger partial charge in [0, 0.05) is 107 Å². The number of nitrogen functional groups attached to an aromatic ring is 1. The zero-order valence-electron chi connectivity index (χ0n) is 61.5. The van der Waals surface area contributed by atoms with Crippen molar-refractivity contribution in [3.8, 4) is 5.75 Å². The number of carboxylic acid groups (broad SMARTS) is 2. The van der Waals surface area contributed by atoms with Gasteiger partial charge in [0.25, 0.3) is 17.4 Å². The molecular weight excluding hydrogens is 1420 g/mol. The highest BCUT2D eigenvalue weighted by molar-refractivity contribution is 6.93. The van der Waals surface area contributed by atoms with E-state index >= 15 is 4.79 Å². The second-order valence-corrected chi connectivity index (χ2v) is 38.8. The van der Waals surface area contributed by atoms with Gasteiger partial charge < -0.3 is 86.4 Å². The summed E-state index contributed by atoms with van der Waals surface area (Å²) in [5.74, 6) is -5.25. The molecule has 1 aliphatic carbocycles. The number of amides is 5. The molecule has 6 aliphatic heterocycles. The lowest BCUT2D eigenvalue weighted by Gasteiger charge is -2.63. The molecule has 1 saturated carbocycles. The number of aliphatic hydroxyl groups excluding tert-OH is 1. The van der Waals surface area contributed by atoms with Crippen LogP contribution >= 0.6 is 0 Å². The van der Waals surface area contributed by atoms with E-state index in [2.05, 4.69) is 62.2 Å². The summed E-state index contributed by atoms with van der Waals surface area (Å²) in [5, 5.41) is 60.1. The Morgan fingerprint density at radius 3 is 2.34 bits per heavy atom. The molecule has 11 atom stereocenters. The first-order chi connectivity index (χ1) is 51.4. The van der Waals surface area contributed by atoms with Crippen molar-refractivity contribution in [1.82, 2.24) is 50.3 Å². The predicted octanol–water partition coefficient (Wildman–Crippen LogP) is 4.55. The Labute approximate surface area is 623 Å². The predicted molar refractivity (Wildman–Crippen MR) is 406 cm³/mol. The highest BCUT2D eigenvalue weighted by Gasteiger charge is 2.78. The normalized spacial score (nSPS) is 27.2. The van der Waals surface area contributed by atoms with Crippen LogP contribution in [0.1, 0.15) is 97.2 Å². The van der Waals surface area contributed by atoms with Gasteiger partial charge in [0.05, 0.1) is 44.2 Å². The van der Waals surface area contributed by atoms with Crippen LogP contribution < -0.4 is 53.1 Å². The van der Waals surface area contributed by atoms with Crippen molar-refractivity contribution in [3.63, 3.8) is 0 Å². The molecule has 3 fully saturated rings. The molecule has 4 aromatic carbocycles. The summed E-state index contributed by atoms with van der Waals surface area (Å²) in [6, 6.07) is 20.8. The van der Waals surface area contributed by atoms with Gasteiger partial charge in [0.2, 0.25) is 20.2 Å². The van der Waals surface area contributed by atoms with E-state index in [1.54, 1.807) is 31.4 Å². The number of aromatic amines is 2. The number of carboxylic acids is 2. The number of carbonyl (C=O) groups excluding carboxylic acids is 5. The fourth-order valence-electron chi connectivity index (χ4n) is 19.3. The highest BCUT2D eigenvalue weighted by Crippen LogP contribution is 2.68. The maximum Gasteiger partial charge on any atom is 0.326 e. The number of hydrogen-bond donors (Lipinski definition) is 12. The van der Waals surface area contributed by atoms with Crippen LogP contribution in [0.2, 0.25) is 25.7 Å². The summed E-state index contributed by atoms with van der Waals surface area (Å²) < 4.78 is 19.6. The number of benzene rings is 4. The number of hydrogen-bond acceptors (Lipinski definition) is 21. The number of nitrogens with zero attached hydrogens (tertiary/aromatic N) is 7. The van der Waals surface area contributed by atoms with Crippen molar-refractivity contribution in [2.24, 2.45) is 11.1 Å². The van der Waals surface area contributed by atoms with Gasteiger partial charge in [-0.25, -0.2) is 24.4 Å². The van der Waals surface area contributed by atoms with Crippen molar-refractivity contribution < 1.29 is 67.6 Å². The van der Waals surface area contributed by atoms with Gasteiger partial charge in [-0.2, -0.15) is 4.98 Å². The van der Waals surface area contributed by atoms with Gasteiger partial charge in [-0.05, 0) is 148 Å². The average Bonchev–Trinajstić information content (AvgIpc) is 1.46. The molecule has 7 aliphatic rings. The van der Waals surface area contributed by atoms with E-state index in [-0.39, 0.29) is 60.7 Å². The monoisotopic (exact) mass is 1510 g/mol. The zero-order valence-corrected chi connectivity index (χ0v) is 63.5. The highest BCUT2D eigenvalue weighted by atomic mass is 28.4. The van der Waals surface area contributed by atoms with Crippen LogP contribution in [0.3, 0.4) is 0 Å². The number of urea groups is 1. The Morgan fingerprint density at radius 1 is 0.907 bits per heavy atom. The molecule has 5 amide bonds. The van der Waals surface area contributed by atoms with Crippen LogP contribution in [0.5, 0.6) is 5.75 Å². The van der Waals surface area contributed by atoms with Gasteiger partial charge in [-0.1, -0.05) is 61.9 Å². The first-order valence-corrected chi connectivity index (χ1v) is 42.1. The van der Waals surface area contributed by atoms with Crippen molar-refractivity contribution in [2.75, 3.05) is 74.9 Å². The molecule has 1 spiro atoms. The van der Waals surface area contributed by atoms with Gasteiger partial charge in [0.15, 0.2) is 25.1 Å². The molecule has 2 unspecified atom stereocenters. The summed E-state index contributed by atoms with van der Waals surface area (Å²) in [6.45, 7) is 12.1. The number of nitrogens with one attached hydrogen (secondary N) is 6.